The minimum atomic E-state index is 0. The van der Waals surface area contributed by atoms with Gasteiger partial charge in [-0.15, -0.1) is 35.3 Å². The van der Waals surface area contributed by atoms with Crippen molar-refractivity contribution in [3.8, 4) is 0 Å². The van der Waals surface area contributed by atoms with E-state index in [0.29, 0.717) is 12.5 Å². The van der Waals surface area contributed by atoms with Gasteiger partial charge in [0.25, 0.3) is 0 Å². The third-order valence-electron chi connectivity index (χ3n) is 4.95. The lowest BCUT2D eigenvalue weighted by Crippen LogP contribution is -2.49. The molecule has 1 aliphatic heterocycles. The second kappa shape index (κ2) is 12.1. The molecular formula is C21H31IN6OS. The largest absolute Gasteiger partial charge is 0.368 e. The molecule has 30 heavy (non-hydrogen) atoms. The number of aliphatic imine (C=N–C) groups is 1. The zero-order valence-electron chi connectivity index (χ0n) is 17.9. The number of carbonyl (C=O) groups is 1. The maximum Gasteiger partial charge on any atom is 0.244 e. The molecule has 1 aliphatic rings. The van der Waals surface area contributed by atoms with Gasteiger partial charge in [0, 0.05) is 43.3 Å². The van der Waals surface area contributed by atoms with Gasteiger partial charge in [-0.2, -0.15) is 0 Å². The number of carbonyl (C=O) groups excluding carboxylic acids is 1. The van der Waals surface area contributed by atoms with Crippen molar-refractivity contribution in [1.29, 1.82) is 0 Å². The Morgan fingerprint density at radius 2 is 1.83 bits per heavy atom. The van der Waals surface area contributed by atoms with Gasteiger partial charge in [-0.25, -0.2) is 9.98 Å². The highest BCUT2D eigenvalue weighted by atomic mass is 127. The normalized spacial score (nSPS) is 14.3. The van der Waals surface area contributed by atoms with Gasteiger partial charge in [0.1, 0.15) is 11.6 Å². The molecule has 7 nitrogen and oxygen atoms in total. The molecule has 1 aromatic carbocycles. The van der Waals surface area contributed by atoms with Crippen LogP contribution in [0.15, 0.2) is 35.3 Å². The number of hydrogen-bond donors (Lipinski definition) is 2. The van der Waals surface area contributed by atoms with Crippen molar-refractivity contribution in [3.63, 3.8) is 0 Å². The SMILES string of the molecule is CCNC(=NCC(=O)N1CCN(c2ccccc2)CC1)NCc1nc(C)c(C)s1.I. The van der Waals surface area contributed by atoms with Gasteiger partial charge >= 0.3 is 0 Å². The number of halogens is 1. The number of rotatable bonds is 6. The fourth-order valence-corrected chi connectivity index (χ4v) is 4.09. The average Bonchev–Trinajstić information content (AvgIpc) is 3.08. The number of amides is 1. The standard InChI is InChI=1S/C21H30N6OS.HI/c1-4-22-21(23-14-19-25-16(2)17(3)29-19)24-15-20(28)27-12-10-26(11-13-27)18-8-6-5-7-9-18;/h5-9H,4,10-15H2,1-3H3,(H2,22,23,24);1H. The van der Waals surface area contributed by atoms with Crippen LogP contribution < -0.4 is 15.5 Å². The first-order valence-corrected chi connectivity index (χ1v) is 10.9. The predicted octanol–water partition coefficient (Wildman–Crippen LogP) is 2.78. The topological polar surface area (TPSA) is 72.9 Å². The van der Waals surface area contributed by atoms with Crippen LogP contribution in [0.3, 0.4) is 0 Å². The Kier molecular flexibility index (Phi) is 9.83. The highest BCUT2D eigenvalue weighted by molar-refractivity contribution is 14.0. The molecule has 0 unspecified atom stereocenters. The third-order valence-corrected chi connectivity index (χ3v) is 6.02. The summed E-state index contributed by atoms with van der Waals surface area (Å²) in [6.45, 7) is 10.8. The van der Waals surface area contributed by atoms with Crippen molar-refractivity contribution in [2.24, 2.45) is 4.99 Å². The smallest absolute Gasteiger partial charge is 0.244 e. The fourth-order valence-electron chi connectivity index (χ4n) is 3.22. The van der Waals surface area contributed by atoms with Crippen LogP contribution in [-0.4, -0.2) is 61.0 Å². The summed E-state index contributed by atoms with van der Waals surface area (Å²) in [5.41, 5.74) is 2.28. The van der Waals surface area contributed by atoms with Gasteiger partial charge in [-0.3, -0.25) is 4.79 Å². The highest BCUT2D eigenvalue weighted by Gasteiger charge is 2.21. The summed E-state index contributed by atoms with van der Waals surface area (Å²) in [7, 11) is 0. The molecule has 0 atom stereocenters. The first-order chi connectivity index (χ1) is 14.1. The molecule has 0 bridgehead atoms. The summed E-state index contributed by atoms with van der Waals surface area (Å²) in [4.78, 5) is 27.1. The molecule has 1 fully saturated rings. The molecule has 2 N–H and O–H groups in total. The summed E-state index contributed by atoms with van der Waals surface area (Å²) >= 11 is 1.68. The summed E-state index contributed by atoms with van der Waals surface area (Å²) in [6, 6.07) is 10.3. The Hall–Kier alpha value is -1.88. The van der Waals surface area contributed by atoms with E-state index < -0.39 is 0 Å². The number of nitrogens with zero attached hydrogens (tertiary/aromatic N) is 4. The summed E-state index contributed by atoms with van der Waals surface area (Å²) < 4.78 is 0. The molecule has 2 aromatic rings. The number of aryl methyl sites for hydroxylation is 2. The van der Waals surface area contributed by atoms with E-state index in [0.717, 1.165) is 43.4 Å². The van der Waals surface area contributed by atoms with E-state index in [1.165, 1.54) is 10.6 Å². The van der Waals surface area contributed by atoms with Gasteiger partial charge in [-0.1, -0.05) is 18.2 Å². The number of aromatic nitrogens is 1. The molecule has 0 radical (unpaired) electrons. The Morgan fingerprint density at radius 3 is 2.43 bits per heavy atom. The van der Waals surface area contributed by atoms with Crippen LogP contribution in [0.25, 0.3) is 0 Å². The Labute approximate surface area is 200 Å². The number of hydrogen-bond acceptors (Lipinski definition) is 5. The number of benzene rings is 1. The van der Waals surface area contributed by atoms with Crippen LogP contribution >= 0.6 is 35.3 Å². The molecule has 1 saturated heterocycles. The molecular weight excluding hydrogens is 511 g/mol. The monoisotopic (exact) mass is 542 g/mol. The maximum atomic E-state index is 12.6. The van der Waals surface area contributed by atoms with Crippen molar-refractivity contribution < 1.29 is 4.79 Å². The van der Waals surface area contributed by atoms with Crippen molar-refractivity contribution in [3.05, 3.63) is 45.9 Å². The van der Waals surface area contributed by atoms with Crippen LogP contribution in [0, 0.1) is 13.8 Å². The summed E-state index contributed by atoms with van der Waals surface area (Å²) in [6.07, 6.45) is 0. The highest BCUT2D eigenvalue weighted by Crippen LogP contribution is 2.16. The van der Waals surface area contributed by atoms with E-state index in [2.05, 4.69) is 44.6 Å². The molecule has 0 spiro atoms. The van der Waals surface area contributed by atoms with Crippen LogP contribution in [0.5, 0.6) is 0 Å². The molecule has 0 saturated carbocycles. The van der Waals surface area contributed by atoms with Crippen molar-refractivity contribution in [1.82, 2.24) is 20.5 Å². The van der Waals surface area contributed by atoms with E-state index in [-0.39, 0.29) is 36.4 Å². The predicted molar refractivity (Wildman–Crippen MR) is 135 cm³/mol. The van der Waals surface area contributed by atoms with Crippen LogP contribution in [0.2, 0.25) is 0 Å². The van der Waals surface area contributed by atoms with Gasteiger partial charge in [0.15, 0.2) is 5.96 Å². The Balaban J connectivity index is 0.00000320. The van der Waals surface area contributed by atoms with E-state index in [1.807, 2.05) is 36.9 Å². The Bertz CT molecular complexity index is 814. The quantitative estimate of drug-likeness (QED) is 0.334. The van der Waals surface area contributed by atoms with Crippen molar-refractivity contribution in [2.45, 2.75) is 27.3 Å². The van der Waals surface area contributed by atoms with Gasteiger partial charge < -0.3 is 20.4 Å². The number of nitrogens with one attached hydrogen (secondary N) is 2. The number of para-hydroxylation sites is 1. The molecule has 2 heterocycles. The Morgan fingerprint density at radius 1 is 1.13 bits per heavy atom. The van der Waals surface area contributed by atoms with Crippen molar-refractivity contribution >= 4 is 52.9 Å². The summed E-state index contributed by atoms with van der Waals surface area (Å²) in [5.74, 6) is 0.713. The maximum absolute atomic E-state index is 12.6. The molecule has 1 aromatic heterocycles. The number of piperazine rings is 1. The average molecular weight is 542 g/mol. The van der Waals surface area contributed by atoms with Gasteiger partial charge in [-0.05, 0) is 32.9 Å². The lowest BCUT2D eigenvalue weighted by molar-refractivity contribution is -0.129. The number of thiazole rings is 1. The van der Waals surface area contributed by atoms with Gasteiger partial charge in [0.05, 0.1) is 12.2 Å². The second-order valence-corrected chi connectivity index (χ2v) is 8.29. The first-order valence-electron chi connectivity index (χ1n) is 10.1. The second-order valence-electron chi connectivity index (χ2n) is 7.00. The van der Waals surface area contributed by atoms with E-state index >= 15 is 0 Å². The minimum Gasteiger partial charge on any atom is -0.368 e. The van der Waals surface area contributed by atoms with E-state index in [9.17, 15) is 4.79 Å². The fraction of sp³-hybridized carbons (Fsp3) is 0.476. The molecule has 9 heteroatoms. The van der Waals surface area contributed by atoms with Gasteiger partial charge in [0.2, 0.25) is 5.91 Å². The number of anilines is 1. The van der Waals surface area contributed by atoms with Crippen molar-refractivity contribution in [2.75, 3.05) is 44.2 Å². The number of guanidine groups is 1. The lowest BCUT2D eigenvalue weighted by Gasteiger charge is -2.36. The lowest BCUT2D eigenvalue weighted by atomic mass is 10.2. The third kappa shape index (κ3) is 6.83. The van der Waals surface area contributed by atoms with Crippen LogP contribution in [0.4, 0.5) is 5.69 Å². The molecule has 3 rings (SSSR count). The molecule has 0 aliphatic carbocycles. The van der Waals surface area contributed by atoms with Crippen LogP contribution in [0.1, 0.15) is 22.5 Å². The zero-order chi connectivity index (χ0) is 20.6. The minimum absolute atomic E-state index is 0. The zero-order valence-corrected chi connectivity index (χ0v) is 21.0. The first kappa shape index (κ1) is 24.4. The van der Waals surface area contributed by atoms with E-state index in [4.69, 9.17) is 0 Å². The molecule has 164 valence electrons. The van der Waals surface area contributed by atoms with Crippen LogP contribution in [-0.2, 0) is 11.3 Å². The summed E-state index contributed by atoms with van der Waals surface area (Å²) in [5, 5.41) is 7.49. The molecule has 1 amide bonds. The van der Waals surface area contributed by atoms with E-state index in [1.54, 1.807) is 11.3 Å².